The van der Waals surface area contributed by atoms with Crippen LogP contribution in [0.3, 0.4) is 0 Å². The fraction of sp³-hybridized carbons (Fsp3) is 0.167. The van der Waals surface area contributed by atoms with Gasteiger partial charge in [-0.15, -0.1) is 0 Å². The lowest BCUT2D eigenvalue weighted by atomic mass is 10.2. The first-order valence-corrected chi connectivity index (χ1v) is 5.77. The molecule has 2 aromatic rings. The molecule has 20 heavy (non-hydrogen) atoms. The van der Waals surface area contributed by atoms with E-state index in [-0.39, 0.29) is 24.3 Å². The monoisotopic (exact) mass is 278 g/mol. The Morgan fingerprint density at radius 2 is 2.30 bits per heavy atom. The zero-order chi connectivity index (χ0) is 14.5. The van der Waals surface area contributed by atoms with E-state index >= 15 is 0 Å². The number of carbonyl (C=O) groups excluding carboxylic acids is 1. The van der Waals surface area contributed by atoms with Gasteiger partial charge in [-0.05, 0) is 18.2 Å². The zero-order valence-corrected chi connectivity index (χ0v) is 10.3. The topological polar surface area (TPSA) is 90.1 Å². The first-order chi connectivity index (χ1) is 9.56. The van der Waals surface area contributed by atoms with Crippen molar-refractivity contribution < 1.29 is 14.1 Å². The third kappa shape index (κ3) is 3.37. The maximum absolute atomic E-state index is 12.9. The molecular weight excluding hydrogens is 267 g/mol. The SMILES string of the molecule is O=C(NCCn1cc([N+](=O)[O-])cn1)c1cccc(F)c1. The van der Waals surface area contributed by atoms with Gasteiger partial charge in [-0.3, -0.25) is 19.6 Å². The smallest absolute Gasteiger partial charge is 0.306 e. The summed E-state index contributed by atoms with van der Waals surface area (Å²) in [4.78, 5) is 21.6. The van der Waals surface area contributed by atoms with Crippen LogP contribution in [0, 0.1) is 15.9 Å². The quantitative estimate of drug-likeness (QED) is 0.660. The number of aromatic nitrogens is 2. The molecule has 0 saturated heterocycles. The summed E-state index contributed by atoms with van der Waals surface area (Å²) < 4.78 is 14.3. The van der Waals surface area contributed by atoms with Crippen LogP contribution in [0.25, 0.3) is 0 Å². The minimum atomic E-state index is -0.547. The van der Waals surface area contributed by atoms with E-state index in [0.717, 1.165) is 12.3 Å². The van der Waals surface area contributed by atoms with Gasteiger partial charge in [0.1, 0.15) is 18.2 Å². The van der Waals surface area contributed by atoms with Gasteiger partial charge in [-0.1, -0.05) is 6.07 Å². The summed E-state index contributed by atoms with van der Waals surface area (Å²) in [6, 6.07) is 5.33. The minimum Gasteiger partial charge on any atom is -0.350 e. The average Bonchev–Trinajstić information content (AvgIpc) is 2.87. The predicted octanol–water partition coefficient (Wildman–Crippen LogP) is 1.36. The lowest BCUT2D eigenvalue weighted by Gasteiger charge is -2.05. The summed E-state index contributed by atoms with van der Waals surface area (Å²) in [6.07, 6.45) is 2.41. The Labute approximate surface area is 113 Å². The van der Waals surface area contributed by atoms with Crippen LogP contribution in [0.15, 0.2) is 36.7 Å². The first-order valence-electron chi connectivity index (χ1n) is 5.77. The molecule has 8 heteroatoms. The molecule has 1 amide bonds. The average molecular weight is 278 g/mol. The van der Waals surface area contributed by atoms with Crippen molar-refractivity contribution >= 4 is 11.6 Å². The van der Waals surface area contributed by atoms with E-state index in [1.54, 1.807) is 0 Å². The van der Waals surface area contributed by atoms with Crippen molar-refractivity contribution in [1.29, 1.82) is 0 Å². The number of benzene rings is 1. The van der Waals surface area contributed by atoms with Crippen molar-refractivity contribution in [2.24, 2.45) is 0 Å². The highest BCUT2D eigenvalue weighted by Gasteiger charge is 2.09. The van der Waals surface area contributed by atoms with Crippen molar-refractivity contribution in [1.82, 2.24) is 15.1 Å². The molecule has 0 aliphatic heterocycles. The number of halogens is 1. The van der Waals surface area contributed by atoms with Gasteiger partial charge in [0.25, 0.3) is 5.91 Å². The van der Waals surface area contributed by atoms with Crippen molar-refractivity contribution in [3.05, 3.63) is 58.2 Å². The van der Waals surface area contributed by atoms with Crippen molar-refractivity contribution in [2.45, 2.75) is 6.54 Å². The molecular formula is C12H11FN4O3. The second kappa shape index (κ2) is 5.91. The van der Waals surface area contributed by atoms with Crippen LogP contribution in [0.4, 0.5) is 10.1 Å². The number of nitrogens with zero attached hydrogens (tertiary/aromatic N) is 3. The highest BCUT2D eigenvalue weighted by molar-refractivity contribution is 5.94. The summed E-state index contributed by atoms with van der Waals surface area (Å²) in [5.41, 5.74) is 0.109. The van der Waals surface area contributed by atoms with Gasteiger partial charge >= 0.3 is 5.69 Å². The van der Waals surface area contributed by atoms with Gasteiger partial charge in [-0.25, -0.2) is 4.39 Å². The zero-order valence-electron chi connectivity index (χ0n) is 10.3. The molecule has 0 aliphatic rings. The molecule has 2 rings (SSSR count). The molecule has 104 valence electrons. The number of rotatable bonds is 5. The molecule has 0 radical (unpaired) electrons. The Hall–Kier alpha value is -2.77. The van der Waals surface area contributed by atoms with E-state index in [0.29, 0.717) is 0 Å². The van der Waals surface area contributed by atoms with Gasteiger partial charge in [0.15, 0.2) is 0 Å². The maximum atomic E-state index is 12.9. The number of carbonyl (C=O) groups is 1. The minimum absolute atomic E-state index is 0.110. The lowest BCUT2D eigenvalue weighted by Crippen LogP contribution is -2.27. The fourth-order valence-corrected chi connectivity index (χ4v) is 1.58. The second-order valence-corrected chi connectivity index (χ2v) is 3.98. The summed E-state index contributed by atoms with van der Waals surface area (Å²) in [5.74, 6) is -0.897. The number of hydrogen-bond acceptors (Lipinski definition) is 4. The maximum Gasteiger partial charge on any atom is 0.306 e. The normalized spacial score (nSPS) is 10.2. The molecule has 1 N–H and O–H groups in total. The number of nitrogens with one attached hydrogen (secondary N) is 1. The standard InChI is InChI=1S/C12H11FN4O3/c13-10-3-1-2-9(6-10)12(18)14-4-5-16-8-11(7-15-16)17(19)20/h1-3,6-8H,4-5H2,(H,14,18). The number of nitro groups is 1. The van der Waals surface area contributed by atoms with Crippen LogP contribution in [0.1, 0.15) is 10.4 Å². The third-order valence-electron chi connectivity index (χ3n) is 2.54. The van der Waals surface area contributed by atoms with Gasteiger partial charge < -0.3 is 5.32 Å². The van der Waals surface area contributed by atoms with Crippen LogP contribution in [-0.4, -0.2) is 27.2 Å². The molecule has 0 fully saturated rings. The molecule has 0 saturated carbocycles. The van der Waals surface area contributed by atoms with E-state index in [2.05, 4.69) is 10.4 Å². The van der Waals surface area contributed by atoms with Crippen molar-refractivity contribution in [3.8, 4) is 0 Å². The van der Waals surface area contributed by atoms with E-state index < -0.39 is 16.6 Å². The third-order valence-corrected chi connectivity index (χ3v) is 2.54. The van der Waals surface area contributed by atoms with Gasteiger partial charge in [-0.2, -0.15) is 5.10 Å². The van der Waals surface area contributed by atoms with Gasteiger partial charge in [0.05, 0.1) is 11.5 Å². The van der Waals surface area contributed by atoms with Crippen LogP contribution in [0.2, 0.25) is 0 Å². The Balaban J connectivity index is 1.86. The van der Waals surface area contributed by atoms with E-state index in [1.807, 2.05) is 0 Å². The van der Waals surface area contributed by atoms with E-state index in [1.165, 1.54) is 29.1 Å². The van der Waals surface area contributed by atoms with Crippen molar-refractivity contribution in [3.63, 3.8) is 0 Å². The molecule has 1 aromatic carbocycles. The largest absolute Gasteiger partial charge is 0.350 e. The summed E-state index contributed by atoms with van der Waals surface area (Å²) in [7, 11) is 0. The molecule has 0 atom stereocenters. The predicted molar refractivity (Wildman–Crippen MR) is 67.6 cm³/mol. The second-order valence-electron chi connectivity index (χ2n) is 3.98. The van der Waals surface area contributed by atoms with Crippen LogP contribution in [-0.2, 0) is 6.54 Å². The van der Waals surface area contributed by atoms with Gasteiger partial charge in [0, 0.05) is 12.1 Å². The van der Waals surface area contributed by atoms with Crippen LogP contribution in [0.5, 0.6) is 0 Å². The molecule has 7 nitrogen and oxygen atoms in total. The Morgan fingerprint density at radius 3 is 2.95 bits per heavy atom. The van der Waals surface area contributed by atoms with Crippen LogP contribution < -0.4 is 5.32 Å². The summed E-state index contributed by atoms with van der Waals surface area (Å²) in [5, 5.41) is 16.8. The molecule has 0 bridgehead atoms. The van der Waals surface area contributed by atoms with Crippen LogP contribution >= 0.6 is 0 Å². The molecule has 1 heterocycles. The Morgan fingerprint density at radius 1 is 1.50 bits per heavy atom. The molecule has 0 unspecified atom stereocenters. The summed E-state index contributed by atoms with van der Waals surface area (Å²) in [6.45, 7) is 0.517. The lowest BCUT2D eigenvalue weighted by molar-refractivity contribution is -0.385. The van der Waals surface area contributed by atoms with Gasteiger partial charge in [0.2, 0.25) is 0 Å². The Bertz CT molecular complexity index is 641. The first kappa shape index (κ1) is 13.7. The van der Waals surface area contributed by atoms with Crippen molar-refractivity contribution in [2.75, 3.05) is 6.54 Å². The Kier molecular flexibility index (Phi) is 4.04. The highest BCUT2D eigenvalue weighted by atomic mass is 19.1. The highest BCUT2D eigenvalue weighted by Crippen LogP contribution is 2.07. The van der Waals surface area contributed by atoms with E-state index in [9.17, 15) is 19.3 Å². The number of hydrogen-bond donors (Lipinski definition) is 1. The van der Waals surface area contributed by atoms with E-state index in [4.69, 9.17) is 0 Å². The molecule has 1 aromatic heterocycles. The summed E-state index contributed by atoms with van der Waals surface area (Å²) >= 11 is 0. The number of amides is 1. The molecule has 0 spiro atoms. The molecule has 0 aliphatic carbocycles. The fourth-order valence-electron chi connectivity index (χ4n) is 1.58.